The topological polar surface area (TPSA) is 49.9 Å². The third kappa shape index (κ3) is 6.26. The molecule has 0 N–H and O–H groups in total. The zero-order chi connectivity index (χ0) is 23.8. The lowest BCUT2D eigenvalue weighted by atomic mass is 10.0. The van der Waals surface area contributed by atoms with E-state index < -0.39 is 0 Å². The van der Waals surface area contributed by atoms with Gasteiger partial charge < -0.3 is 14.5 Å². The number of fused-ring (bicyclic) bond motifs is 1. The van der Waals surface area contributed by atoms with E-state index in [1.807, 2.05) is 71.9 Å². The summed E-state index contributed by atoms with van der Waals surface area (Å²) < 4.78 is 6.28. The van der Waals surface area contributed by atoms with Crippen molar-refractivity contribution in [3.8, 4) is 5.75 Å². The molecule has 2 amide bonds. The SMILES string of the molecule is CN1CCCCCN(C(=O)Cc2cccs2)[C@H](Cc2ccccc2)COc2ccccc2C1=O. The number of para-hydroxylation sites is 1. The van der Waals surface area contributed by atoms with Crippen molar-refractivity contribution in [1.82, 2.24) is 9.80 Å². The van der Waals surface area contributed by atoms with E-state index in [1.165, 1.54) is 5.56 Å². The Hall–Kier alpha value is -3.12. The minimum atomic E-state index is -0.128. The lowest BCUT2D eigenvalue weighted by Gasteiger charge is -2.32. The Labute approximate surface area is 206 Å². The van der Waals surface area contributed by atoms with Crippen LogP contribution in [0.1, 0.15) is 40.1 Å². The van der Waals surface area contributed by atoms with Crippen LogP contribution < -0.4 is 4.74 Å². The summed E-state index contributed by atoms with van der Waals surface area (Å²) in [5.74, 6) is 0.672. The van der Waals surface area contributed by atoms with Gasteiger partial charge >= 0.3 is 0 Å². The predicted octanol–water partition coefficient (Wildman–Crippen LogP) is 5.07. The van der Waals surface area contributed by atoms with Crippen molar-refractivity contribution in [2.75, 3.05) is 26.7 Å². The Morgan fingerprint density at radius 1 is 0.971 bits per heavy atom. The third-order valence-electron chi connectivity index (χ3n) is 6.27. The first-order chi connectivity index (χ1) is 16.6. The van der Waals surface area contributed by atoms with E-state index in [2.05, 4.69) is 12.1 Å². The fourth-order valence-electron chi connectivity index (χ4n) is 4.39. The Morgan fingerprint density at radius 2 is 1.74 bits per heavy atom. The van der Waals surface area contributed by atoms with Crippen molar-refractivity contribution in [3.63, 3.8) is 0 Å². The minimum Gasteiger partial charge on any atom is -0.491 e. The molecule has 0 saturated carbocycles. The number of benzene rings is 2. The van der Waals surface area contributed by atoms with Crippen LogP contribution in [0.3, 0.4) is 0 Å². The molecule has 178 valence electrons. The molecule has 0 fully saturated rings. The maximum Gasteiger partial charge on any atom is 0.257 e. The summed E-state index contributed by atoms with van der Waals surface area (Å²) >= 11 is 1.62. The predicted molar refractivity (Wildman–Crippen MR) is 136 cm³/mol. The summed E-state index contributed by atoms with van der Waals surface area (Å²) in [6.45, 7) is 1.70. The summed E-state index contributed by atoms with van der Waals surface area (Å²) in [4.78, 5) is 31.4. The summed E-state index contributed by atoms with van der Waals surface area (Å²) in [5.41, 5.74) is 1.73. The van der Waals surface area contributed by atoms with Gasteiger partial charge in [0, 0.05) is 25.0 Å². The molecule has 2 aromatic carbocycles. The smallest absolute Gasteiger partial charge is 0.257 e. The van der Waals surface area contributed by atoms with Crippen molar-refractivity contribution >= 4 is 23.2 Å². The molecular formula is C28H32N2O3S. The Kier molecular flexibility index (Phi) is 8.36. The number of carbonyl (C=O) groups is 2. The Morgan fingerprint density at radius 3 is 2.53 bits per heavy atom. The van der Waals surface area contributed by atoms with E-state index in [-0.39, 0.29) is 17.9 Å². The van der Waals surface area contributed by atoms with Gasteiger partial charge in [-0.25, -0.2) is 0 Å². The maximum atomic E-state index is 13.5. The molecule has 6 heteroatoms. The molecule has 0 bridgehead atoms. The highest BCUT2D eigenvalue weighted by Gasteiger charge is 2.26. The highest BCUT2D eigenvalue weighted by molar-refractivity contribution is 7.10. The van der Waals surface area contributed by atoms with Gasteiger partial charge in [0.2, 0.25) is 5.91 Å². The lowest BCUT2D eigenvalue weighted by Crippen LogP contribution is -2.46. The fraction of sp³-hybridized carbons (Fsp3) is 0.357. The molecule has 1 aliphatic heterocycles. The van der Waals surface area contributed by atoms with Crippen LogP contribution in [0.5, 0.6) is 5.75 Å². The molecule has 1 aromatic heterocycles. The first-order valence-corrected chi connectivity index (χ1v) is 12.8. The van der Waals surface area contributed by atoms with E-state index in [4.69, 9.17) is 4.74 Å². The summed E-state index contributed by atoms with van der Waals surface area (Å²) in [6.07, 6.45) is 3.87. The number of thiophene rings is 1. The van der Waals surface area contributed by atoms with Crippen LogP contribution in [0.15, 0.2) is 72.1 Å². The van der Waals surface area contributed by atoms with Gasteiger partial charge in [0.1, 0.15) is 12.4 Å². The first-order valence-electron chi connectivity index (χ1n) is 11.9. The van der Waals surface area contributed by atoms with Crippen LogP contribution in [-0.4, -0.2) is 54.4 Å². The number of amides is 2. The number of carbonyl (C=O) groups excluding carboxylic acids is 2. The standard InChI is InChI=1S/C28H32N2O3S/c1-29-16-8-3-9-17-30(27(31)20-24-13-10-18-34-24)23(19-22-11-4-2-5-12-22)21-33-26-15-7-6-14-25(26)28(29)32/h2,4-7,10-15,18,23H,3,8-9,16-17,19-21H2,1H3/t23-/m1/s1. The largest absolute Gasteiger partial charge is 0.491 e. The molecule has 0 aliphatic carbocycles. The second-order valence-corrected chi connectivity index (χ2v) is 9.81. The second-order valence-electron chi connectivity index (χ2n) is 8.78. The van der Waals surface area contributed by atoms with Crippen LogP contribution in [-0.2, 0) is 17.6 Å². The van der Waals surface area contributed by atoms with Crippen molar-refractivity contribution in [1.29, 1.82) is 0 Å². The van der Waals surface area contributed by atoms with E-state index >= 15 is 0 Å². The molecule has 4 rings (SSSR count). The maximum absolute atomic E-state index is 13.5. The molecule has 3 aromatic rings. The van der Waals surface area contributed by atoms with Crippen molar-refractivity contribution in [3.05, 3.63) is 88.1 Å². The van der Waals surface area contributed by atoms with Crippen LogP contribution in [0.25, 0.3) is 0 Å². The number of nitrogens with zero attached hydrogens (tertiary/aromatic N) is 2. The summed E-state index contributed by atoms with van der Waals surface area (Å²) in [5, 5.41) is 2.01. The van der Waals surface area contributed by atoms with Crippen molar-refractivity contribution in [2.24, 2.45) is 0 Å². The molecule has 0 spiro atoms. The number of hydrogen-bond acceptors (Lipinski definition) is 4. The van der Waals surface area contributed by atoms with Gasteiger partial charge in [-0.05, 0) is 54.8 Å². The molecule has 1 atom stereocenters. The average molecular weight is 477 g/mol. The monoisotopic (exact) mass is 476 g/mol. The van der Waals surface area contributed by atoms with Crippen LogP contribution in [0.4, 0.5) is 0 Å². The van der Waals surface area contributed by atoms with Gasteiger partial charge in [0.15, 0.2) is 0 Å². The average Bonchev–Trinajstić information content (AvgIpc) is 3.37. The number of ether oxygens (including phenoxy) is 1. The van der Waals surface area contributed by atoms with Gasteiger partial charge in [0.05, 0.1) is 18.0 Å². The zero-order valence-electron chi connectivity index (χ0n) is 19.7. The zero-order valence-corrected chi connectivity index (χ0v) is 20.5. The van der Waals surface area contributed by atoms with Crippen molar-refractivity contribution < 1.29 is 14.3 Å². The summed E-state index contributed by atoms with van der Waals surface area (Å²) in [7, 11) is 1.84. The number of hydrogen-bond donors (Lipinski definition) is 0. The highest BCUT2D eigenvalue weighted by atomic mass is 32.1. The highest BCUT2D eigenvalue weighted by Crippen LogP contribution is 2.23. The van der Waals surface area contributed by atoms with Gasteiger partial charge in [-0.2, -0.15) is 0 Å². The Balaban J connectivity index is 1.63. The molecule has 5 nitrogen and oxygen atoms in total. The lowest BCUT2D eigenvalue weighted by molar-refractivity contribution is -0.133. The molecule has 2 heterocycles. The molecule has 0 saturated heterocycles. The second kappa shape index (κ2) is 11.8. The summed E-state index contributed by atoms with van der Waals surface area (Å²) in [6, 6.07) is 21.5. The van der Waals surface area contributed by atoms with E-state index in [0.29, 0.717) is 43.9 Å². The normalized spacial score (nSPS) is 17.7. The third-order valence-corrected chi connectivity index (χ3v) is 7.15. The quantitative estimate of drug-likeness (QED) is 0.529. The van der Waals surface area contributed by atoms with Gasteiger partial charge in [-0.1, -0.05) is 48.5 Å². The minimum absolute atomic E-state index is 0.0277. The van der Waals surface area contributed by atoms with Crippen LogP contribution >= 0.6 is 11.3 Å². The Bertz CT molecular complexity index is 1070. The molecule has 1 aliphatic rings. The molecule has 0 unspecified atom stereocenters. The van der Waals surface area contributed by atoms with E-state index in [1.54, 1.807) is 16.2 Å². The van der Waals surface area contributed by atoms with E-state index in [0.717, 1.165) is 24.1 Å². The van der Waals surface area contributed by atoms with Crippen LogP contribution in [0, 0.1) is 0 Å². The fourth-order valence-corrected chi connectivity index (χ4v) is 5.09. The van der Waals surface area contributed by atoms with E-state index in [9.17, 15) is 9.59 Å². The van der Waals surface area contributed by atoms with Gasteiger partial charge in [0.25, 0.3) is 5.91 Å². The molecule has 34 heavy (non-hydrogen) atoms. The molecular weight excluding hydrogens is 444 g/mol. The molecule has 0 radical (unpaired) electrons. The first kappa shape index (κ1) is 24.0. The van der Waals surface area contributed by atoms with Crippen molar-refractivity contribution in [2.45, 2.75) is 38.1 Å². The van der Waals surface area contributed by atoms with Gasteiger partial charge in [-0.3, -0.25) is 9.59 Å². The number of rotatable bonds is 4. The van der Waals surface area contributed by atoms with Crippen LogP contribution in [0.2, 0.25) is 0 Å². The van der Waals surface area contributed by atoms with Gasteiger partial charge in [-0.15, -0.1) is 11.3 Å².